The zero-order valence-corrected chi connectivity index (χ0v) is 18.3. The van der Waals surface area contributed by atoms with Gasteiger partial charge in [-0.25, -0.2) is 4.39 Å². The number of rotatable bonds is 7. The second kappa shape index (κ2) is 10.2. The van der Waals surface area contributed by atoms with Gasteiger partial charge in [-0.2, -0.15) is 0 Å². The number of amides is 1. The van der Waals surface area contributed by atoms with Gasteiger partial charge in [0.05, 0.1) is 9.61 Å². The fourth-order valence-electron chi connectivity index (χ4n) is 3.59. The van der Waals surface area contributed by atoms with Crippen LogP contribution in [0.4, 0.5) is 10.1 Å². The number of nitrogens with zero attached hydrogens (tertiary/aromatic N) is 1. The number of benzene rings is 2. The molecule has 29 heavy (non-hydrogen) atoms. The van der Waals surface area contributed by atoms with Gasteiger partial charge in [0.2, 0.25) is 0 Å². The lowest BCUT2D eigenvalue weighted by Gasteiger charge is -2.36. The summed E-state index contributed by atoms with van der Waals surface area (Å²) in [6.45, 7) is 2.27. The smallest absolute Gasteiger partial charge is 0.253 e. The summed E-state index contributed by atoms with van der Waals surface area (Å²) in [6.07, 6.45) is 2.40. The van der Waals surface area contributed by atoms with Crippen molar-refractivity contribution < 1.29 is 14.0 Å². The van der Waals surface area contributed by atoms with Crippen LogP contribution < -0.4 is 11.1 Å². The van der Waals surface area contributed by atoms with Crippen molar-refractivity contribution in [3.63, 3.8) is 0 Å². The third kappa shape index (κ3) is 5.76. The average Bonchev–Trinajstić information content (AvgIpc) is 2.72. The minimum absolute atomic E-state index is 0.0284. The zero-order chi connectivity index (χ0) is 20.8. The number of nitrogens with one attached hydrogen (secondary N) is 1. The highest BCUT2D eigenvalue weighted by atomic mass is 127. The fourth-order valence-corrected chi connectivity index (χ4v) is 4.76. The van der Waals surface area contributed by atoms with E-state index < -0.39 is 0 Å². The van der Waals surface area contributed by atoms with E-state index in [9.17, 15) is 14.0 Å². The van der Waals surface area contributed by atoms with Crippen LogP contribution in [-0.2, 0) is 0 Å². The maximum Gasteiger partial charge on any atom is 0.253 e. The molecular weight excluding hydrogens is 484 g/mol. The normalized spacial score (nSPS) is 19.7. The summed E-state index contributed by atoms with van der Waals surface area (Å²) in [5, 5.41) is 2.91. The minimum atomic E-state index is -0.329. The Kier molecular flexibility index (Phi) is 7.60. The quantitative estimate of drug-likeness (QED) is 0.148. The van der Waals surface area contributed by atoms with Crippen LogP contribution in [-0.4, -0.2) is 40.3 Å². The number of halogens is 2. The molecule has 1 fully saturated rings. The molecule has 3 N–H and O–H groups in total. The molecule has 7 heteroatoms. The molecule has 2 aromatic carbocycles. The molecule has 5 nitrogen and oxygen atoms in total. The molecule has 0 bridgehead atoms. The Balaban J connectivity index is 1.42. The lowest BCUT2D eigenvalue weighted by Crippen LogP contribution is -2.42. The number of para-hydroxylation sites is 1. The van der Waals surface area contributed by atoms with Gasteiger partial charge in [0, 0.05) is 30.3 Å². The molecule has 0 spiro atoms. The number of nitrogen functional groups attached to an aromatic ring is 1. The standard InChI is InChI=1S/C22H25FIN3O2/c23-17-8-6-15(7-9-17)21(28)16-10-13-27(20(24)14-16)12-3-11-26-22(29)18-4-1-2-5-19(18)25/h1-2,4-9,16,20H,3,10-14,25H2,(H,26,29). The van der Waals surface area contributed by atoms with Crippen molar-refractivity contribution in [2.24, 2.45) is 5.92 Å². The topological polar surface area (TPSA) is 75.4 Å². The summed E-state index contributed by atoms with van der Waals surface area (Å²) < 4.78 is 13.3. The largest absolute Gasteiger partial charge is 0.398 e. The number of Topliss-reactive ketones (excluding diaryl/α,β-unsaturated/α-hetero) is 1. The van der Waals surface area contributed by atoms with Crippen molar-refractivity contribution in [2.45, 2.75) is 23.3 Å². The highest BCUT2D eigenvalue weighted by Crippen LogP contribution is 2.29. The molecule has 2 aromatic rings. The van der Waals surface area contributed by atoms with E-state index in [1.165, 1.54) is 12.1 Å². The highest BCUT2D eigenvalue weighted by molar-refractivity contribution is 14.1. The predicted octanol–water partition coefficient (Wildman–Crippen LogP) is 3.88. The Labute approximate surface area is 184 Å². The molecule has 3 rings (SSSR count). The van der Waals surface area contributed by atoms with Crippen molar-refractivity contribution in [3.8, 4) is 0 Å². The first-order valence-corrected chi connectivity index (χ1v) is 11.0. The summed E-state index contributed by atoms with van der Waals surface area (Å²) >= 11 is 2.38. The third-order valence-electron chi connectivity index (χ3n) is 5.25. The first-order chi connectivity index (χ1) is 14.0. The van der Waals surface area contributed by atoms with Crippen LogP contribution in [0.3, 0.4) is 0 Å². The van der Waals surface area contributed by atoms with Gasteiger partial charge in [0.15, 0.2) is 5.78 Å². The van der Waals surface area contributed by atoms with Crippen LogP contribution in [0.5, 0.6) is 0 Å². The van der Waals surface area contributed by atoms with Gasteiger partial charge in [-0.3, -0.25) is 14.5 Å². The molecule has 1 amide bonds. The summed E-state index contributed by atoms with van der Waals surface area (Å²) in [7, 11) is 0. The molecule has 1 aliphatic rings. The lowest BCUT2D eigenvalue weighted by molar-refractivity contribution is 0.0825. The van der Waals surface area contributed by atoms with Gasteiger partial charge in [0.1, 0.15) is 5.82 Å². The number of piperidine rings is 1. The van der Waals surface area contributed by atoms with E-state index in [0.29, 0.717) is 23.4 Å². The van der Waals surface area contributed by atoms with Gasteiger partial charge >= 0.3 is 0 Å². The SMILES string of the molecule is Nc1ccccc1C(=O)NCCCN1CCC(C(=O)c2ccc(F)cc2)CC1I. The Morgan fingerprint density at radius 3 is 2.59 bits per heavy atom. The van der Waals surface area contributed by atoms with Crippen LogP contribution in [0, 0.1) is 11.7 Å². The number of nitrogens with two attached hydrogens (primary N) is 1. The van der Waals surface area contributed by atoms with Crippen LogP contribution in [0.2, 0.25) is 0 Å². The maximum absolute atomic E-state index is 13.1. The van der Waals surface area contributed by atoms with Crippen molar-refractivity contribution in [1.82, 2.24) is 10.2 Å². The van der Waals surface area contributed by atoms with E-state index in [0.717, 1.165) is 32.4 Å². The van der Waals surface area contributed by atoms with E-state index in [4.69, 9.17) is 5.73 Å². The first-order valence-electron chi connectivity index (χ1n) is 9.76. The van der Waals surface area contributed by atoms with Crippen molar-refractivity contribution >= 4 is 40.0 Å². The monoisotopic (exact) mass is 509 g/mol. The van der Waals surface area contributed by atoms with Crippen LogP contribution in [0.1, 0.15) is 40.0 Å². The first kappa shape index (κ1) is 21.7. The van der Waals surface area contributed by atoms with E-state index in [2.05, 4.69) is 32.8 Å². The van der Waals surface area contributed by atoms with E-state index in [-0.39, 0.29) is 27.5 Å². The minimum Gasteiger partial charge on any atom is -0.398 e. The van der Waals surface area contributed by atoms with Gasteiger partial charge in [0.25, 0.3) is 5.91 Å². The zero-order valence-electron chi connectivity index (χ0n) is 16.1. The molecule has 2 atom stereocenters. The van der Waals surface area contributed by atoms with E-state index in [1.54, 1.807) is 36.4 Å². The van der Waals surface area contributed by atoms with Crippen LogP contribution in [0.25, 0.3) is 0 Å². The summed E-state index contributed by atoms with van der Waals surface area (Å²) in [6, 6.07) is 12.8. The Morgan fingerprint density at radius 1 is 1.17 bits per heavy atom. The van der Waals surface area contributed by atoms with Gasteiger partial charge in [-0.1, -0.05) is 34.7 Å². The van der Waals surface area contributed by atoms with Crippen molar-refractivity contribution in [3.05, 3.63) is 65.5 Å². The molecule has 0 radical (unpaired) electrons. The Bertz CT molecular complexity index is 859. The molecule has 2 unspecified atom stereocenters. The number of carbonyl (C=O) groups is 2. The maximum atomic E-state index is 13.1. The molecule has 1 saturated heterocycles. The predicted molar refractivity (Wildman–Crippen MR) is 121 cm³/mol. The van der Waals surface area contributed by atoms with Gasteiger partial charge < -0.3 is 11.1 Å². The van der Waals surface area contributed by atoms with Crippen molar-refractivity contribution in [2.75, 3.05) is 25.4 Å². The molecular formula is C22H25FIN3O2. The summed E-state index contributed by atoms with van der Waals surface area (Å²) in [4.78, 5) is 27.2. The lowest BCUT2D eigenvalue weighted by atomic mass is 9.89. The number of hydrogen-bond donors (Lipinski definition) is 2. The second-order valence-corrected chi connectivity index (χ2v) is 8.70. The Morgan fingerprint density at radius 2 is 1.90 bits per heavy atom. The number of hydrogen-bond acceptors (Lipinski definition) is 4. The molecule has 1 heterocycles. The number of alkyl halides is 1. The average molecular weight is 509 g/mol. The van der Waals surface area contributed by atoms with Crippen LogP contribution in [0.15, 0.2) is 48.5 Å². The number of likely N-dealkylation sites (tertiary alicyclic amines) is 1. The number of ketones is 1. The van der Waals surface area contributed by atoms with Crippen molar-refractivity contribution in [1.29, 1.82) is 0 Å². The molecule has 1 aliphatic heterocycles. The molecule has 0 aromatic heterocycles. The molecule has 0 aliphatic carbocycles. The van der Waals surface area contributed by atoms with Gasteiger partial charge in [-0.15, -0.1) is 0 Å². The van der Waals surface area contributed by atoms with E-state index >= 15 is 0 Å². The van der Waals surface area contributed by atoms with E-state index in [1.807, 2.05) is 0 Å². The summed E-state index contributed by atoms with van der Waals surface area (Å²) in [5.41, 5.74) is 7.39. The number of anilines is 1. The fraction of sp³-hybridized carbons (Fsp3) is 0.364. The van der Waals surface area contributed by atoms with Gasteiger partial charge in [-0.05, 0) is 62.2 Å². The third-order valence-corrected chi connectivity index (χ3v) is 6.55. The number of carbonyl (C=O) groups excluding carboxylic acids is 2. The summed E-state index contributed by atoms with van der Waals surface area (Å²) in [5.74, 6) is -0.415. The second-order valence-electron chi connectivity index (χ2n) is 7.26. The molecule has 154 valence electrons. The highest BCUT2D eigenvalue weighted by Gasteiger charge is 2.30. The van der Waals surface area contributed by atoms with Crippen LogP contribution >= 0.6 is 22.6 Å². The molecule has 0 saturated carbocycles. The Hall–Kier alpha value is -2.00.